The molecule has 2 rings (SSSR count). The van der Waals surface area contributed by atoms with Gasteiger partial charge in [-0.1, -0.05) is 0 Å². The van der Waals surface area contributed by atoms with Gasteiger partial charge in [-0.05, 0) is 39.5 Å². The van der Waals surface area contributed by atoms with E-state index < -0.39 is 5.60 Å². The standard InChI is InChI=1S/C16H30N4O2S/c1-16(2,3)22-15(21)20-6-4-13(5-7-20)12-18-14(17)19-8-10-23-11-9-19/h13H,4-12H2,1-3H3,(H2,17,18). The third-order valence-corrected chi connectivity index (χ3v) is 5.06. The van der Waals surface area contributed by atoms with E-state index in [1.54, 1.807) is 4.90 Å². The molecule has 7 heteroatoms. The summed E-state index contributed by atoms with van der Waals surface area (Å²) in [5, 5.41) is 0. The van der Waals surface area contributed by atoms with Gasteiger partial charge in [0.2, 0.25) is 0 Å². The molecule has 23 heavy (non-hydrogen) atoms. The predicted molar refractivity (Wildman–Crippen MR) is 95.9 cm³/mol. The summed E-state index contributed by atoms with van der Waals surface area (Å²) in [5.41, 5.74) is 5.66. The first kappa shape index (κ1) is 18.2. The van der Waals surface area contributed by atoms with Gasteiger partial charge in [-0.2, -0.15) is 11.8 Å². The zero-order valence-corrected chi connectivity index (χ0v) is 15.4. The Morgan fingerprint density at radius 3 is 2.35 bits per heavy atom. The first-order chi connectivity index (χ1) is 10.8. The van der Waals surface area contributed by atoms with Crippen molar-refractivity contribution in [3.8, 4) is 0 Å². The van der Waals surface area contributed by atoms with Gasteiger partial charge in [-0.15, -0.1) is 0 Å². The van der Waals surface area contributed by atoms with Crippen LogP contribution in [-0.4, -0.2) is 71.7 Å². The number of likely N-dealkylation sites (tertiary alicyclic amines) is 1. The summed E-state index contributed by atoms with van der Waals surface area (Å²) in [4.78, 5) is 20.6. The second-order valence-electron chi connectivity index (χ2n) is 7.21. The summed E-state index contributed by atoms with van der Waals surface area (Å²) in [6, 6.07) is 0. The monoisotopic (exact) mass is 342 g/mol. The molecule has 0 bridgehead atoms. The lowest BCUT2D eigenvalue weighted by Gasteiger charge is -2.33. The number of ether oxygens (including phenoxy) is 1. The van der Waals surface area contributed by atoms with Crippen LogP contribution in [-0.2, 0) is 4.74 Å². The molecule has 0 aliphatic carbocycles. The van der Waals surface area contributed by atoms with E-state index in [1.807, 2.05) is 32.5 Å². The molecule has 2 fully saturated rings. The van der Waals surface area contributed by atoms with Crippen molar-refractivity contribution in [2.45, 2.75) is 39.2 Å². The van der Waals surface area contributed by atoms with Crippen LogP contribution in [0.4, 0.5) is 4.79 Å². The Morgan fingerprint density at radius 2 is 1.78 bits per heavy atom. The highest BCUT2D eigenvalue weighted by atomic mass is 32.2. The third-order valence-electron chi connectivity index (χ3n) is 4.11. The fraction of sp³-hybridized carbons (Fsp3) is 0.875. The molecule has 0 aromatic carbocycles. The average Bonchev–Trinajstić information content (AvgIpc) is 2.52. The number of hydrogen-bond donors (Lipinski definition) is 1. The molecule has 2 N–H and O–H groups in total. The second kappa shape index (κ2) is 8.13. The SMILES string of the molecule is CC(C)(C)OC(=O)N1CCC(CN=C(N)N2CCSCC2)CC1. The summed E-state index contributed by atoms with van der Waals surface area (Å²) < 4.78 is 5.42. The molecule has 0 spiro atoms. The molecule has 2 saturated heterocycles. The minimum atomic E-state index is -0.431. The predicted octanol–water partition coefficient (Wildman–Crippen LogP) is 2.00. The number of hydrogen-bond acceptors (Lipinski definition) is 4. The summed E-state index contributed by atoms with van der Waals surface area (Å²) >= 11 is 1.97. The van der Waals surface area contributed by atoms with Crippen LogP contribution in [0.25, 0.3) is 0 Å². The van der Waals surface area contributed by atoms with Crippen molar-refractivity contribution in [3.05, 3.63) is 0 Å². The lowest BCUT2D eigenvalue weighted by atomic mass is 9.97. The Bertz CT molecular complexity index is 422. The van der Waals surface area contributed by atoms with Crippen molar-refractivity contribution >= 4 is 23.8 Å². The molecule has 2 aliphatic heterocycles. The van der Waals surface area contributed by atoms with E-state index in [9.17, 15) is 4.79 Å². The maximum atomic E-state index is 12.0. The van der Waals surface area contributed by atoms with E-state index in [4.69, 9.17) is 10.5 Å². The van der Waals surface area contributed by atoms with Crippen LogP contribution in [0.5, 0.6) is 0 Å². The summed E-state index contributed by atoms with van der Waals surface area (Å²) in [7, 11) is 0. The molecule has 0 unspecified atom stereocenters. The van der Waals surface area contributed by atoms with Gasteiger partial charge in [0.15, 0.2) is 5.96 Å². The Labute approximate surface area is 143 Å². The number of nitrogens with zero attached hydrogens (tertiary/aromatic N) is 3. The third kappa shape index (κ3) is 6.12. The molecular formula is C16H30N4O2S. The number of guanidine groups is 1. The number of thioether (sulfide) groups is 1. The van der Waals surface area contributed by atoms with E-state index in [0.29, 0.717) is 11.9 Å². The molecule has 6 nitrogen and oxygen atoms in total. The number of carbonyl (C=O) groups is 1. The van der Waals surface area contributed by atoms with E-state index in [0.717, 1.165) is 57.1 Å². The Morgan fingerprint density at radius 1 is 1.17 bits per heavy atom. The number of amides is 1. The van der Waals surface area contributed by atoms with Gasteiger partial charge < -0.3 is 20.3 Å². The fourth-order valence-electron chi connectivity index (χ4n) is 2.74. The van der Waals surface area contributed by atoms with Gasteiger partial charge in [0, 0.05) is 44.2 Å². The van der Waals surface area contributed by atoms with Crippen molar-refractivity contribution in [3.63, 3.8) is 0 Å². The van der Waals surface area contributed by atoms with Crippen molar-refractivity contribution in [2.24, 2.45) is 16.6 Å². The van der Waals surface area contributed by atoms with Crippen molar-refractivity contribution < 1.29 is 9.53 Å². The Balaban J connectivity index is 1.73. The second-order valence-corrected chi connectivity index (χ2v) is 8.43. The molecule has 0 saturated carbocycles. The molecule has 0 radical (unpaired) electrons. The van der Waals surface area contributed by atoms with Crippen LogP contribution in [0.2, 0.25) is 0 Å². The summed E-state index contributed by atoms with van der Waals surface area (Å²) in [6.07, 6.45) is 1.72. The highest BCUT2D eigenvalue weighted by molar-refractivity contribution is 7.99. The summed E-state index contributed by atoms with van der Waals surface area (Å²) in [5.74, 6) is 3.45. The molecule has 0 aromatic rings. The number of rotatable bonds is 2. The lowest BCUT2D eigenvalue weighted by molar-refractivity contribution is 0.0187. The van der Waals surface area contributed by atoms with E-state index in [1.165, 1.54) is 0 Å². The highest BCUT2D eigenvalue weighted by Gasteiger charge is 2.26. The Hall–Kier alpha value is -1.11. The first-order valence-corrected chi connectivity index (χ1v) is 9.61. The zero-order chi connectivity index (χ0) is 16.9. The molecule has 0 atom stereocenters. The van der Waals surface area contributed by atoms with Crippen LogP contribution in [0.15, 0.2) is 4.99 Å². The van der Waals surface area contributed by atoms with Gasteiger partial charge in [0.05, 0.1) is 0 Å². The smallest absolute Gasteiger partial charge is 0.410 e. The minimum Gasteiger partial charge on any atom is -0.444 e. The van der Waals surface area contributed by atoms with Crippen molar-refractivity contribution in [1.82, 2.24) is 9.80 Å². The van der Waals surface area contributed by atoms with Gasteiger partial charge in [-0.3, -0.25) is 4.99 Å². The molecule has 132 valence electrons. The van der Waals surface area contributed by atoms with E-state index in [-0.39, 0.29) is 6.09 Å². The first-order valence-electron chi connectivity index (χ1n) is 8.46. The molecule has 0 aromatic heterocycles. The van der Waals surface area contributed by atoms with Crippen LogP contribution < -0.4 is 5.73 Å². The highest BCUT2D eigenvalue weighted by Crippen LogP contribution is 2.20. The topological polar surface area (TPSA) is 71.2 Å². The van der Waals surface area contributed by atoms with Crippen molar-refractivity contribution in [2.75, 3.05) is 44.2 Å². The van der Waals surface area contributed by atoms with Crippen LogP contribution >= 0.6 is 11.8 Å². The van der Waals surface area contributed by atoms with Gasteiger partial charge in [0.25, 0.3) is 0 Å². The maximum absolute atomic E-state index is 12.0. The Kier molecular flexibility index (Phi) is 6.44. The molecule has 1 amide bonds. The quantitative estimate of drug-likeness (QED) is 0.614. The fourth-order valence-corrected chi connectivity index (χ4v) is 3.64. The van der Waals surface area contributed by atoms with Crippen LogP contribution in [0, 0.1) is 5.92 Å². The molecule has 2 aliphatic rings. The number of carbonyl (C=O) groups excluding carboxylic acids is 1. The minimum absolute atomic E-state index is 0.204. The van der Waals surface area contributed by atoms with Gasteiger partial charge in [-0.25, -0.2) is 4.79 Å². The normalized spacial score (nSPS) is 21.4. The van der Waals surface area contributed by atoms with Gasteiger partial charge >= 0.3 is 6.09 Å². The largest absolute Gasteiger partial charge is 0.444 e. The number of aliphatic imine (C=N–C) groups is 1. The zero-order valence-electron chi connectivity index (χ0n) is 14.6. The summed E-state index contributed by atoms with van der Waals surface area (Å²) in [6.45, 7) is 9.94. The van der Waals surface area contributed by atoms with E-state index >= 15 is 0 Å². The van der Waals surface area contributed by atoms with Gasteiger partial charge in [0.1, 0.15) is 5.60 Å². The lowest BCUT2D eigenvalue weighted by Crippen LogP contribution is -2.44. The molecule has 2 heterocycles. The average molecular weight is 343 g/mol. The van der Waals surface area contributed by atoms with Crippen LogP contribution in [0.1, 0.15) is 33.6 Å². The van der Waals surface area contributed by atoms with Crippen molar-refractivity contribution in [1.29, 1.82) is 0 Å². The van der Waals surface area contributed by atoms with E-state index in [2.05, 4.69) is 9.89 Å². The van der Waals surface area contributed by atoms with Crippen LogP contribution in [0.3, 0.4) is 0 Å². The molecular weight excluding hydrogens is 312 g/mol. The number of nitrogens with two attached hydrogens (primary N) is 1. The maximum Gasteiger partial charge on any atom is 0.410 e. The number of piperidine rings is 1.